The van der Waals surface area contributed by atoms with Gasteiger partial charge in [0, 0.05) is 56.9 Å². The van der Waals surface area contributed by atoms with Crippen LogP contribution in [-0.2, 0) is 12.7 Å². The maximum atomic E-state index is 13.6. The number of hydrogen-bond donors (Lipinski definition) is 3. The van der Waals surface area contributed by atoms with Gasteiger partial charge in [-0.1, -0.05) is 6.07 Å². The number of likely N-dealkylation sites (N-methyl/N-ethyl adjacent to an activating group) is 1. The number of hydrogen-bond acceptors (Lipinski definition) is 7. The zero-order valence-electron chi connectivity index (χ0n) is 18.9. The number of pyridine rings is 1. The first-order valence-electron chi connectivity index (χ1n) is 10.7. The van der Waals surface area contributed by atoms with Gasteiger partial charge in [-0.2, -0.15) is 18.2 Å². The molecule has 35 heavy (non-hydrogen) atoms. The van der Waals surface area contributed by atoms with Crippen molar-refractivity contribution < 1.29 is 22.0 Å². The maximum Gasteiger partial charge on any atom is 0.433 e. The first-order chi connectivity index (χ1) is 16.6. The lowest BCUT2D eigenvalue weighted by molar-refractivity contribution is -0.141. The number of rotatable bonds is 8. The van der Waals surface area contributed by atoms with Crippen LogP contribution < -0.4 is 15.5 Å². The van der Waals surface area contributed by atoms with E-state index in [1.807, 2.05) is 18.9 Å². The number of nitrogens with zero attached hydrogens (tertiary/aromatic N) is 5. The lowest BCUT2D eigenvalue weighted by atomic mass is 10.2. The number of anilines is 2. The monoisotopic (exact) mass is 494 g/mol. The van der Waals surface area contributed by atoms with Gasteiger partial charge in [-0.05, 0) is 24.6 Å². The molecule has 4 rings (SSSR count). The summed E-state index contributed by atoms with van der Waals surface area (Å²) in [5.74, 6) is 0.766. The Bertz CT molecular complexity index is 1250. The molecule has 3 aromatic heterocycles. The molecule has 1 aliphatic heterocycles. The molecule has 0 amide bonds. The van der Waals surface area contributed by atoms with Crippen LogP contribution in [0.2, 0.25) is 0 Å². The van der Waals surface area contributed by atoms with Crippen molar-refractivity contribution in [1.29, 1.82) is 5.41 Å². The van der Waals surface area contributed by atoms with Gasteiger partial charge >= 0.3 is 6.18 Å². The number of nitrogens with one attached hydrogen (secondary N) is 3. The summed E-state index contributed by atoms with van der Waals surface area (Å²) in [5, 5.41) is 13.6. The number of alkyl halides is 5. The van der Waals surface area contributed by atoms with Crippen LogP contribution in [0.15, 0.2) is 36.2 Å². The first kappa shape index (κ1) is 24.4. The predicted molar refractivity (Wildman–Crippen MR) is 122 cm³/mol. The molecule has 0 bridgehead atoms. The molecule has 3 aromatic rings. The average molecular weight is 494 g/mol. The molecule has 1 aliphatic rings. The van der Waals surface area contributed by atoms with Gasteiger partial charge < -0.3 is 25.5 Å². The Balaban J connectivity index is 1.46. The molecule has 0 radical (unpaired) electrons. The van der Waals surface area contributed by atoms with Crippen molar-refractivity contribution >= 4 is 29.0 Å². The van der Waals surface area contributed by atoms with Gasteiger partial charge in [-0.25, -0.2) is 13.8 Å². The zero-order chi connectivity index (χ0) is 25.3. The molecule has 8 nitrogen and oxygen atoms in total. The highest BCUT2D eigenvalue weighted by Crippen LogP contribution is 2.38. The summed E-state index contributed by atoms with van der Waals surface area (Å²) in [6.07, 6.45) is -3.35. The second-order valence-corrected chi connectivity index (χ2v) is 8.22. The van der Waals surface area contributed by atoms with Crippen molar-refractivity contribution in [3.63, 3.8) is 0 Å². The Morgan fingerprint density at radius 1 is 1.29 bits per heavy atom. The van der Waals surface area contributed by atoms with E-state index >= 15 is 0 Å². The van der Waals surface area contributed by atoms with Crippen LogP contribution in [0.5, 0.6) is 0 Å². The molecule has 3 N–H and O–H groups in total. The Morgan fingerprint density at radius 3 is 2.69 bits per heavy atom. The van der Waals surface area contributed by atoms with Gasteiger partial charge in [0.2, 0.25) is 5.95 Å². The largest absolute Gasteiger partial charge is 0.433 e. The summed E-state index contributed by atoms with van der Waals surface area (Å²) in [6, 6.07) is 3.45. The maximum absolute atomic E-state index is 13.6. The highest BCUT2D eigenvalue weighted by atomic mass is 19.4. The minimum Gasteiger partial charge on any atom is -0.386 e. The number of aromatic nitrogens is 4. The van der Waals surface area contributed by atoms with Crippen LogP contribution in [0, 0.1) is 5.41 Å². The molecule has 0 fully saturated rings. The molecule has 0 saturated carbocycles. The standard InChI is InChI=1S/C22H23F5N8/c1-12-11-34(2)20-18-15(5-16(19(23)24)35(12)18)32-21(33-20)31-10-14(6-28)8-29-7-13-3-4-17(30-9-13)22(25,26)27/h3-6,8-9,12,19,28-29H,7,10-11H2,1-2H3,(H,31,32,33)/b14-8+,28-6?/t12-/m0/s1. The van der Waals surface area contributed by atoms with Crippen molar-refractivity contribution in [2.75, 3.05) is 30.4 Å². The van der Waals surface area contributed by atoms with Gasteiger partial charge in [-0.15, -0.1) is 0 Å². The van der Waals surface area contributed by atoms with E-state index in [9.17, 15) is 22.0 Å². The molecular weight excluding hydrogens is 471 g/mol. The van der Waals surface area contributed by atoms with Gasteiger partial charge in [0.15, 0.2) is 5.82 Å². The van der Waals surface area contributed by atoms with E-state index in [1.165, 1.54) is 12.1 Å². The van der Waals surface area contributed by atoms with Crippen molar-refractivity contribution in [2.24, 2.45) is 0 Å². The van der Waals surface area contributed by atoms with E-state index in [1.54, 1.807) is 10.8 Å². The van der Waals surface area contributed by atoms with Gasteiger partial charge in [0.05, 0.1) is 11.2 Å². The van der Waals surface area contributed by atoms with Crippen LogP contribution in [-0.4, -0.2) is 45.9 Å². The van der Waals surface area contributed by atoms with Crippen LogP contribution in [0.1, 0.15) is 36.3 Å². The van der Waals surface area contributed by atoms with Crippen molar-refractivity contribution in [1.82, 2.24) is 24.8 Å². The van der Waals surface area contributed by atoms with Gasteiger partial charge in [-0.3, -0.25) is 4.98 Å². The Labute approximate surface area is 197 Å². The minimum absolute atomic E-state index is 0.102. The molecule has 0 saturated heterocycles. The lowest BCUT2D eigenvalue weighted by Crippen LogP contribution is -2.32. The third kappa shape index (κ3) is 5.03. The fraction of sp³-hybridized carbons (Fsp3) is 0.364. The zero-order valence-corrected chi connectivity index (χ0v) is 18.9. The first-order valence-corrected chi connectivity index (χ1v) is 10.7. The van der Waals surface area contributed by atoms with Crippen LogP contribution in [0.25, 0.3) is 11.0 Å². The highest BCUT2D eigenvalue weighted by Gasteiger charge is 2.32. The van der Waals surface area contributed by atoms with E-state index in [2.05, 4.69) is 25.6 Å². The summed E-state index contributed by atoms with van der Waals surface area (Å²) in [5.41, 5.74) is 0.941. The van der Waals surface area contributed by atoms with E-state index in [-0.39, 0.29) is 30.8 Å². The molecule has 0 unspecified atom stereocenters. The molecule has 13 heteroatoms. The van der Waals surface area contributed by atoms with Crippen molar-refractivity contribution in [2.45, 2.75) is 32.1 Å². The Kier molecular flexibility index (Phi) is 6.59. The summed E-state index contributed by atoms with van der Waals surface area (Å²) in [7, 11) is 1.84. The highest BCUT2D eigenvalue weighted by molar-refractivity contribution is 5.90. The molecule has 0 aliphatic carbocycles. The molecule has 1 atom stereocenters. The number of halogens is 5. The van der Waals surface area contributed by atoms with E-state index in [4.69, 9.17) is 5.41 Å². The lowest BCUT2D eigenvalue weighted by Gasteiger charge is -2.31. The van der Waals surface area contributed by atoms with E-state index in [0.717, 1.165) is 18.5 Å². The second kappa shape index (κ2) is 9.47. The van der Waals surface area contributed by atoms with Crippen molar-refractivity contribution in [3.05, 3.63) is 53.1 Å². The minimum atomic E-state index is -4.49. The smallest absolute Gasteiger partial charge is 0.386 e. The summed E-state index contributed by atoms with van der Waals surface area (Å²) >= 11 is 0. The van der Waals surface area contributed by atoms with Crippen LogP contribution in [0.4, 0.5) is 33.7 Å². The van der Waals surface area contributed by atoms with Gasteiger partial charge in [0.1, 0.15) is 11.2 Å². The Morgan fingerprint density at radius 2 is 2.06 bits per heavy atom. The summed E-state index contributed by atoms with van der Waals surface area (Å²) in [4.78, 5) is 14.2. The summed E-state index contributed by atoms with van der Waals surface area (Å²) in [6.45, 7) is 2.75. The molecule has 4 heterocycles. The normalized spacial score (nSPS) is 16.2. The Hall–Kier alpha value is -3.77. The van der Waals surface area contributed by atoms with Crippen LogP contribution >= 0.6 is 0 Å². The topological polar surface area (TPSA) is 94.8 Å². The van der Waals surface area contributed by atoms with Crippen molar-refractivity contribution in [3.8, 4) is 0 Å². The molecular formula is C22H23F5N8. The van der Waals surface area contributed by atoms with E-state index < -0.39 is 18.3 Å². The predicted octanol–water partition coefficient (Wildman–Crippen LogP) is 4.53. The quantitative estimate of drug-likeness (QED) is 0.315. The fourth-order valence-corrected chi connectivity index (χ4v) is 4.00. The SMILES string of the molecule is C[C@H]1CN(C)c2nc(NC/C(C=N)=C/NCc3ccc(C(F)(F)F)nc3)nc3cc(C(F)F)n1c23. The van der Waals surface area contributed by atoms with E-state index in [0.29, 0.717) is 34.5 Å². The molecule has 0 spiro atoms. The third-order valence-electron chi connectivity index (χ3n) is 5.61. The third-order valence-corrected chi connectivity index (χ3v) is 5.61. The fourth-order valence-electron chi connectivity index (χ4n) is 4.00. The average Bonchev–Trinajstić information content (AvgIpc) is 3.20. The molecule has 0 aromatic carbocycles. The van der Waals surface area contributed by atoms with Gasteiger partial charge in [0.25, 0.3) is 6.43 Å². The second-order valence-electron chi connectivity index (χ2n) is 8.22. The van der Waals surface area contributed by atoms with Crippen LogP contribution in [0.3, 0.4) is 0 Å². The molecule has 186 valence electrons. The summed E-state index contributed by atoms with van der Waals surface area (Å²) < 4.78 is 66.6.